The molecule has 0 aliphatic carbocycles. The van der Waals surface area contributed by atoms with Crippen LogP contribution in [-0.2, 0) is 22.4 Å². The van der Waals surface area contributed by atoms with Crippen LogP contribution in [0.2, 0.25) is 0 Å². The van der Waals surface area contributed by atoms with Gasteiger partial charge in [-0.25, -0.2) is 0 Å². The van der Waals surface area contributed by atoms with Gasteiger partial charge in [0.15, 0.2) is 0 Å². The Bertz CT molecular complexity index is 569. The number of benzene rings is 3. The molecule has 24 heavy (non-hydrogen) atoms. The van der Waals surface area contributed by atoms with Crippen molar-refractivity contribution in [1.29, 1.82) is 0 Å². The minimum absolute atomic E-state index is 0. The van der Waals surface area contributed by atoms with E-state index < -0.39 is 7.92 Å². The van der Waals surface area contributed by atoms with Crippen molar-refractivity contribution in [2.75, 3.05) is 0 Å². The Morgan fingerprint density at radius 1 is 0.500 bits per heavy atom. The number of rotatable bonds is 3. The maximum Gasteiger partial charge on any atom is 1.00 e. The Hall–Kier alpha value is -1.17. The van der Waals surface area contributed by atoms with E-state index in [4.69, 9.17) is 0 Å². The van der Waals surface area contributed by atoms with Crippen LogP contribution >= 0.6 is 7.92 Å². The molecule has 0 nitrogen and oxygen atoms in total. The molecule has 0 bridgehead atoms. The van der Waals surface area contributed by atoms with E-state index in [-0.39, 0.29) is 22.4 Å². The van der Waals surface area contributed by atoms with Crippen molar-refractivity contribution in [3.63, 3.8) is 0 Å². The van der Waals surface area contributed by atoms with Crippen LogP contribution in [0.1, 0.15) is 20.8 Å². The Morgan fingerprint density at radius 2 is 0.708 bits per heavy atom. The van der Waals surface area contributed by atoms with Crippen molar-refractivity contribution in [2.45, 2.75) is 20.8 Å². The SMILES string of the molecule is C[C-](C)C.[Au+].c1ccc(P(c2ccccc2)c2ccccc2)cc1. The van der Waals surface area contributed by atoms with Crippen molar-refractivity contribution in [2.24, 2.45) is 0 Å². The second kappa shape index (κ2) is 11.4. The Morgan fingerprint density at radius 3 is 0.917 bits per heavy atom. The molecule has 0 N–H and O–H groups in total. The molecule has 0 atom stereocenters. The van der Waals surface area contributed by atoms with Gasteiger partial charge in [-0.2, -0.15) is 20.8 Å². The van der Waals surface area contributed by atoms with Crippen molar-refractivity contribution in [3.05, 3.63) is 96.9 Å². The smallest absolute Gasteiger partial charge is 0.323 e. The predicted molar refractivity (Wildman–Crippen MR) is 105 cm³/mol. The summed E-state index contributed by atoms with van der Waals surface area (Å²) in [6.07, 6.45) is 0. The van der Waals surface area contributed by atoms with Crippen LogP contribution < -0.4 is 15.9 Å². The zero-order chi connectivity index (χ0) is 16.5. The number of hydrogen-bond acceptors (Lipinski definition) is 0. The first-order chi connectivity index (χ1) is 11.2. The first-order valence-corrected chi connectivity index (χ1v) is 9.24. The van der Waals surface area contributed by atoms with Crippen molar-refractivity contribution >= 4 is 23.8 Å². The molecule has 3 aromatic carbocycles. The van der Waals surface area contributed by atoms with Crippen LogP contribution in [0, 0.1) is 5.92 Å². The van der Waals surface area contributed by atoms with Gasteiger partial charge in [-0.15, -0.1) is 0 Å². The van der Waals surface area contributed by atoms with Crippen molar-refractivity contribution in [3.8, 4) is 0 Å². The standard InChI is InChI=1S/C18H15P.C4H9.Au/c1-4-10-16(11-5-1)19(17-12-6-2-7-13-17)18-14-8-3-9-15-18;1-4(2)3;/h1-15H;1-3H3;/q;-1;+1. The van der Waals surface area contributed by atoms with Gasteiger partial charge in [0, 0.05) is 0 Å². The molecule has 3 aromatic rings. The molecule has 0 radical (unpaired) electrons. The van der Waals surface area contributed by atoms with Crippen LogP contribution in [0.3, 0.4) is 0 Å². The first-order valence-electron chi connectivity index (χ1n) is 7.90. The van der Waals surface area contributed by atoms with E-state index in [1.165, 1.54) is 21.8 Å². The summed E-state index contributed by atoms with van der Waals surface area (Å²) in [5.74, 6) is 1.42. The summed E-state index contributed by atoms with van der Waals surface area (Å²) >= 11 is 0. The van der Waals surface area contributed by atoms with Crippen LogP contribution in [0.15, 0.2) is 91.0 Å². The summed E-state index contributed by atoms with van der Waals surface area (Å²) < 4.78 is 0. The average molecular weight is 516 g/mol. The van der Waals surface area contributed by atoms with Gasteiger partial charge in [-0.1, -0.05) is 91.0 Å². The zero-order valence-corrected chi connectivity index (χ0v) is 17.5. The van der Waals surface area contributed by atoms with E-state index in [0.29, 0.717) is 0 Å². The Balaban J connectivity index is 0.000000522. The van der Waals surface area contributed by atoms with Crippen LogP contribution in [-0.4, -0.2) is 0 Å². The summed E-state index contributed by atoms with van der Waals surface area (Å²) in [6.45, 7) is 6.25. The largest absolute Gasteiger partial charge is 1.00 e. The van der Waals surface area contributed by atoms with Gasteiger partial charge < -0.3 is 5.92 Å². The van der Waals surface area contributed by atoms with Gasteiger partial charge >= 0.3 is 22.4 Å². The molecular weight excluding hydrogens is 492 g/mol. The topological polar surface area (TPSA) is 0 Å². The molecule has 128 valence electrons. The third kappa shape index (κ3) is 6.75. The van der Waals surface area contributed by atoms with Gasteiger partial charge in [-0.3, -0.25) is 0 Å². The number of hydrogen-bond donors (Lipinski definition) is 0. The minimum Gasteiger partial charge on any atom is -0.323 e. The summed E-state index contributed by atoms with van der Waals surface area (Å²) in [5, 5.41) is 4.19. The zero-order valence-electron chi connectivity index (χ0n) is 14.4. The van der Waals surface area contributed by atoms with E-state index in [2.05, 4.69) is 112 Å². The van der Waals surface area contributed by atoms with Gasteiger partial charge in [0.05, 0.1) is 0 Å². The fourth-order valence-electron chi connectivity index (χ4n) is 2.18. The average Bonchev–Trinajstić information content (AvgIpc) is 2.58. The normalized spacial score (nSPS) is 9.88. The summed E-state index contributed by atoms with van der Waals surface area (Å²) in [7, 11) is -0.446. The second-order valence-electron chi connectivity index (χ2n) is 5.84. The van der Waals surface area contributed by atoms with E-state index in [0.717, 1.165) is 0 Å². The molecule has 0 saturated heterocycles. The van der Waals surface area contributed by atoms with Gasteiger partial charge in [0.2, 0.25) is 0 Å². The molecule has 3 rings (SSSR count). The van der Waals surface area contributed by atoms with Gasteiger partial charge in [-0.05, 0) is 23.8 Å². The molecule has 0 aromatic heterocycles. The molecule has 0 saturated carbocycles. The fourth-order valence-corrected chi connectivity index (χ4v) is 4.48. The molecule has 2 heteroatoms. The quantitative estimate of drug-likeness (QED) is 0.260. The van der Waals surface area contributed by atoms with Crippen molar-refractivity contribution < 1.29 is 22.4 Å². The molecule has 0 unspecified atom stereocenters. The van der Waals surface area contributed by atoms with E-state index >= 15 is 0 Å². The summed E-state index contributed by atoms with van der Waals surface area (Å²) in [6, 6.07) is 32.3. The molecule has 0 aliphatic heterocycles. The molecule has 0 amide bonds. The molecular formula is C22H24AuP. The van der Waals surface area contributed by atoms with E-state index in [1.807, 2.05) is 0 Å². The third-order valence-corrected chi connectivity index (χ3v) is 5.49. The van der Waals surface area contributed by atoms with E-state index in [1.54, 1.807) is 0 Å². The molecule has 0 spiro atoms. The fraction of sp³-hybridized carbons (Fsp3) is 0.136. The Labute approximate surface area is 163 Å². The van der Waals surface area contributed by atoms with Crippen LogP contribution in [0.25, 0.3) is 0 Å². The van der Waals surface area contributed by atoms with E-state index in [9.17, 15) is 0 Å². The maximum atomic E-state index is 2.23. The summed E-state index contributed by atoms with van der Waals surface area (Å²) in [4.78, 5) is 0. The van der Waals surface area contributed by atoms with Gasteiger partial charge in [0.25, 0.3) is 0 Å². The third-order valence-electron chi connectivity index (χ3n) is 3.04. The Kier molecular flexibility index (Phi) is 9.91. The predicted octanol–water partition coefficient (Wildman–Crippen LogP) is 5.06. The molecule has 0 aliphatic rings. The van der Waals surface area contributed by atoms with Crippen molar-refractivity contribution in [1.82, 2.24) is 0 Å². The minimum atomic E-state index is -0.446. The first kappa shape index (κ1) is 20.9. The van der Waals surface area contributed by atoms with Gasteiger partial charge in [0.1, 0.15) is 0 Å². The second-order valence-corrected chi connectivity index (χ2v) is 8.06. The van der Waals surface area contributed by atoms with Crippen LogP contribution in [0.4, 0.5) is 0 Å². The van der Waals surface area contributed by atoms with Crippen LogP contribution in [0.5, 0.6) is 0 Å². The molecule has 0 heterocycles. The summed E-state index contributed by atoms with van der Waals surface area (Å²) in [5.41, 5.74) is 0. The maximum absolute atomic E-state index is 2.23. The monoisotopic (exact) mass is 516 g/mol. The molecule has 0 fully saturated rings.